The van der Waals surface area contributed by atoms with Gasteiger partial charge in [-0.15, -0.1) is 0 Å². The van der Waals surface area contributed by atoms with Gasteiger partial charge in [-0.2, -0.15) is 0 Å². The minimum absolute atomic E-state index is 0.0588. The first kappa shape index (κ1) is 10.7. The second-order valence-corrected chi connectivity index (χ2v) is 4.67. The van der Waals surface area contributed by atoms with E-state index in [0.717, 1.165) is 18.9 Å². The van der Waals surface area contributed by atoms with E-state index in [0.29, 0.717) is 23.7 Å². The third-order valence-electron chi connectivity index (χ3n) is 3.21. The third-order valence-corrected chi connectivity index (χ3v) is 3.21. The largest absolute Gasteiger partial charge is 0.342 e. The van der Waals surface area contributed by atoms with Gasteiger partial charge in [0.1, 0.15) is 17.2 Å². The number of rotatable bonds is 3. The van der Waals surface area contributed by atoms with Crippen LogP contribution in [-0.2, 0) is 6.42 Å². The zero-order valence-electron chi connectivity index (χ0n) is 9.21. The van der Waals surface area contributed by atoms with Gasteiger partial charge in [0.2, 0.25) is 0 Å². The molecule has 1 atom stereocenters. The molecule has 5 heteroatoms. The summed E-state index contributed by atoms with van der Waals surface area (Å²) in [4.78, 5) is 7.05. The van der Waals surface area contributed by atoms with Crippen LogP contribution in [0.1, 0.15) is 18.7 Å². The van der Waals surface area contributed by atoms with Crippen LogP contribution in [0.15, 0.2) is 12.1 Å². The van der Waals surface area contributed by atoms with Crippen LogP contribution in [0.3, 0.4) is 0 Å². The predicted molar refractivity (Wildman–Crippen MR) is 60.4 cm³/mol. The lowest BCUT2D eigenvalue weighted by molar-refractivity contribution is 0.578. The third kappa shape index (κ3) is 2.02. The minimum Gasteiger partial charge on any atom is -0.342 e. The van der Waals surface area contributed by atoms with Crippen molar-refractivity contribution in [3.05, 3.63) is 29.6 Å². The molecule has 1 aliphatic carbocycles. The highest BCUT2D eigenvalue weighted by atomic mass is 19.1. The van der Waals surface area contributed by atoms with E-state index in [1.807, 2.05) is 0 Å². The van der Waals surface area contributed by atoms with Gasteiger partial charge in [-0.1, -0.05) is 0 Å². The van der Waals surface area contributed by atoms with Crippen molar-refractivity contribution in [3.63, 3.8) is 0 Å². The van der Waals surface area contributed by atoms with Crippen LogP contribution in [0, 0.1) is 17.6 Å². The average Bonchev–Trinajstić information content (AvgIpc) is 3.01. The molecular formula is C12H13F2N3. The van der Waals surface area contributed by atoms with Gasteiger partial charge >= 0.3 is 0 Å². The highest BCUT2D eigenvalue weighted by Crippen LogP contribution is 2.32. The van der Waals surface area contributed by atoms with E-state index in [2.05, 4.69) is 9.97 Å². The van der Waals surface area contributed by atoms with E-state index in [1.54, 1.807) is 0 Å². The number of aromatic nitrogens is 2. The summed E-state index contributed by atoms with van der Waals surface area (Å²) in [5.74, 6) is -0.0483. The van der Waals surface area contributed by atoms with E-state index in [4.69, 9.17) is 5.73 Å². The van der Waals surface area contributed by atoms with Crippen molar-refractivity contribution >= 4 is 11.0 Å². The summed E-state index contributed by atoms with van der Waals surface area (Å²) in [7, 11) is 0. The maximum Gasteiger partial charge on any atom is 0.153 e. The highest BCUT2D eigenvalue weighted by molar-refractivity contribution is 5.75. The summed E-state index contributed by atoms with van der Waals surface area (Å²) in [5.41, 5.74) is 6.55. The van der Waals surface area contributed by atoms with E-state index in [-0.39, 0.29) is 11.6 Å². The second-order valence-electron chi connectivity index (χ2n) is 4.67. The molecular weight excluding hydrogens is 224 g/mol. The van der Waals surface area contributed by atoms with E-state index >= 15 is 0 Å². The molecule has 0 bridgehead atoms. The van der Waals surface area contributed by atoms with Gasteiger partial charge in [-0.3, -0.25) is 0 Å². The molecule has 1 fully saturated rings. The molecule has 0 radical (unpaired) electrons. The van der Waals surface area contributed by atoms with Crippen molar-refractivity contribution < 1.29 is 8.78 Å². The van der Waals surface area contributed by atoms with Crippen LogP contribution < -0.4 is 5.73 Å². The molecule has 1 aromatic heterocycles. The number of nitrogens with two attached hydrogens (primary N) is 1. The van der Waals surface area contributed by atoms with Crippen molar-refractivity contribution in [1.29, 1.82) is 0 Å². The van der Waals surface area contributed by atoms with Crippen LogP contribution in [0.25, 0.3) is 11.0 Å². The first-order chi connectivity index (χ1) is 8.13. The lowest BCUT2D eigenvalue weighted by Crippen LogP contribution is -2.25. The summed E-state index contributed by atoms with van der Waals surface area (Å²) in [6, 6.07) is 2.15. The normalized spacial score (nSPS) is 17.6. The zero-order chi connectivity index (χ0) is 12.0. The van der Waals surface area contributed by atoms with E-state index in [9.17, 15) is 8.78 Å². The average molecular weight is 237 g/mol. The Morgan fingerprint density at radius 3 is 2.88 bits per heavy atom. The molecule has 1 heterocycles. The van der Waals surface area contributed by atoms with Crippen LogP contribution in [0.2, 0.25) is 0 Å². The number of hydrogen-bond donors (Lipinski definition) is 2. The molecule has 3 nitrogen and oxygen atoms in total. The Labute approximate surface area is 97.0 Å². The Morgan fingerprint density at radius 2 is 2.18 bits per heavy atom. The van der Waals surface area contributed by atoms with Gasteiger partial charge in [0.05, 0.1) is 5.52 Å². The first-order valence-corrected chi connectivity index (χ1v) is 5.72. The van der Waals surface area contributed by atoms with Crippen molar-refractivity contribution in [2.24, 2.45) is 11.7 Å². The molecule has 3 rings (SSSR count). The molecule has 0 saturated heterocycles. The van der Waals surface area contributed by atoms with Gasteiger partial charge < -0.3 is 10.7 Å². The maximum absolute atomic E-state index is 13.4. The highest BCUT2D eigenvalue weighted by Gasteiger charge is 2.29. The summed E-state index contributed by atoms with van der Waals surface area (Å²) in [6.07, 6.45) is 2.90. The Bertz CT molecular complexity index is 560. The van der Waals surface area contributed by atoms with Gasteiger partial charge in [0.25, 0.3) is 0 Å². The molecule has 2 aromatic rings. The number of aromatic amines is 1. The standard InChI is InChI=1S/C12H13F2N3/c13-7-3-8(14)12-10(4-7)16-11(17-12)5-9(15)6-1-2-6/h3-4,6,9H,1-2,5,15H2,(H,16,17). The smallest absolute Gasteiger partial charge is 0.153 e. The number of nitrogens with one attached hydrogen (secondary N) is 1. The van der Waals surface area contributed by atoms with E-state index < -0.39 is 11.6 Å². The molecule has 90 valence electrons. The lowest BCUT2D eigenvalue weighted by Gasteiger charge is -2.06. The number of benzene rings is 1. The number of hydrogen-bond acceptors (Lipinski definition) is 2. The van der Waals surface area contributed by atoms with Gasteiger partial charge in [-0.05, 0) is 24.8 Å². The van der Waals surface area contributed by atoms with Crippen LogP contribution >= 0.6 is 0 Å². The summed E-state index contributed by atoms with van der Waals surface area (Å²) in [5, 5.41) is 0. The number of H-pyrrole nitrogens is 1. The Kier molecular flexibility index (Phi) is 2.36. The fourth-order valence-corrected chi connectivity index (χ4v) is 2.10. The Hall–Kier alpha value is -1.49. The second kappa shape index (κ2) is 3.77. The number of fused-ring (bicyclic) bond motifs is 1. The quantitative estimate of drug-likeness (QED) is 0.859. The predicted octanol–water partition coefficient (Wildman–Crippen LogP) is 2.12. The summed E-state index contributed by atoms with van der Waals surface area (Å²) < 4.78 is 26.4. The van der Waals surface area contributed by atoms with Gasteiger partial charge in [0.15, 0.2) is 5.82 Å². The monoisotopic (exact) mass is 237 g/mol. The Morgan fingerprint density at radius 1 is 1.41 bits per heavy atom. The molecule has 1 saturated carbocycles. The number of nitrogens with zero attached hydrogens (tertiary/aromatic N) is 1. The lowest BCUT2D eigenvalue weighted by atomic mass is 10.1. The SMILES string of the molecule is NC(Cc1nc2c(F)cc(F)cc2[nH]1)C1CC1. The number of imidazole rings is 1. The molecule has 3 N–H and O–H groups in total. The molecule has 17 heavy (non-hydrogen) atoms. The fraction of sp³-hybridized carbons (Fsp3) is 0.417. The van der Waals surface area contributed by atoms with Gasteiger partial charge in [0, 0.05) is 18.5 Å². The molecule has 1 aromatic carbocycles. The molecule has 1 unspecified atom stereocenters. The van der Waals surface area contributed by atoms with Crippen LogP contribution in [0.5, 0.6) is 0 Å². The van der Waals surface area contributed by atoms with Crippen molar-refractivity contribution in [1.82, 2.24) is 9.97 Å². The zero-order valence-corrected chi connectivity index (χ0v) is 9.21. The maximum atomic E-state index is 13.4. The summed E-state index contributed by atoms with van der Waals surface area (Å²) in [6.45, 7) is 0. The molecule has 0 aliphatic heterocycles. The Balaban J connectivity index is 1.92. The molecule has 0 amide bonds. The topological polar surface area (TPSA) is 54.7 Å². The van der Waals surface area contributed by atoms with E-state index in [1.165, 1.54) is 6.07 Å². The summed E-state index contributed by atoms with van der Waals surface area (Å²) >= 11 is 0. The van der Waals surface area contributed by atoms with Crippen molar-refractivity contribution in [2.45, 2.75) is 25.3 Å². The minimum atomic E-state index is -0.637. The van der Waals surface area contributed by atoms with Crippen LogP contribution in [-0.4, -0.2) is 16.0 Å². The van der Waals surface area contributed by atoms with Crippen molar-refractivity contribution in [2.75, 3.05) is 0 Å². The number of halogens is 2. The molecule has 1 aliphatic rings. The van der Waals surface area contributed by atoms with Crippen molar-refractivity contribution in [3.8, 4) is 0 Å². The van der Waals surface area contributed by atoms with Gasteiger partial charge in [-0.25, -0.2) is 13.8 Å². The van der Waals surface area contributed by atoms with Crippen LogP contribution in [0.4, 0.5) is 8.78 Å². The molecule has 0 spiro atoms. The fourth-order valence-electron chi connectivity index (χ4n) is 2.10. The first-order valence-electron chi connectivity index (χ1n) is 5.72.